The van der Waals surface area contributed by atoms with Crippen molar-refractivity contribution in [1.29, 1.82) is 0 Å². The molecule has 1 aromatic rings. The van der Waals surface area contributed by atoms with E-state index in [2.05, 4.69) is 60.8 Å². The van der Waals surface area contributed by atoms with E-state index in [0.29, 0.717) is 5.92 Å². The van der Waals surface area contributed by atoms with Gasteiger partial charge in [-0.25, -0.2) is 0 Å². The molecule has 1 aliphatic carbocycles. The average molecular weight is 356 g/mol. The van der Waals surface area contributed by atoms with Crippen molar-refractivity contribution in [3.8, 4) is 0 Å². The molecule has 144 valence electrons. The van der Waals surface area contributed by atoms with Crippen LogP contribution in [0.5, 0.6) is 0 Å². The largest absolute Gasteiger partial charge is 0.381 e. The van der Waals surface area contributed by atoms with Crippen LogP contribution < -0.4 is 5.32 Å². The van der Waals surface area contributed by atoms with Crippen LogP contribution in [0.2, 0.25) is 0 Å². The van der Waals surface area contributed by atoms with Crippen LogP contribution in [-0.2, 0) is 11.2 Å². The number of allylic oxidation sites excluding steroid dienone is 2. The molecule has 0 bridgehead atoms. The third-order valence-corrected chi connectivity index (χ3v) is 4.91. The molecule has 1 unspecified atom stereocenters. The van der Waals surface area contributed by atoms with Gasteiger partial charge in [-0.2, -0.15) is 0 Å². The van der Waals surface area contributed by atoms with Gasteiger partial charge in [0.15, 0.2) is 0 Å². The van der Waals surface area contributed by atoms with E-state index < -0.39 is 0 Å². The molecular formula is C24H37NO. The van der Waals surface area contributed by atoms with Gasteiger partial charge in [-0.05, 0) is 62.1 Å². The Kier molecular flexibility index (Phi) is 11.1. The second-order valence-electron chi connectivity index (χ2n) is 7.50. The molecule has 0 spiro atoms. The lowest BCUT2D eigenvalue weighted by Crippen LogP contribution is -2.19. The molecule has 1 aliphatic rings. The van der Waals surface area contributed by atoms with Crippen LogP contribution in [0.15, 0.2) is 54.1 Å². The maximum absolute atomic E-state index is 5.76. The van der Waals surface area contributed by atoms with Crippen LogP contribution in [-0.4, -0.2) is 26.3 Å². The van der Waals surface area contributed by atoms with Crippen LogP contribution in [0.1, 0.15) is 57.4 Å². The fourth-order valence-electron chi connectivity index (χ4n) is 3.36. The number of hydrogen-bond acceptors (Lipinski definition) is 2. The molecular weight excluding hydrogens is 318 g/mol. The van der Waals surface area contributed by atoms with Crippen LogP contribution >= 0.6 is 0 Å². The Morgan fingerprint density at radius 2 is 1.73 bits per heavy atom. The second kappa shape index (κ2) is 13.8. The van der Waals surface area contributed by atoms with Crippen molar-refractivity contribution in [2.75, 3.05) is 26.3 Å². The summed E-state index contributed by atoms with van der Waals surface area (Å²) >= 11 is 0. The molecule has 2 rings (SSSR count). The topological polar surface area (TPSA) is 21.3 Å². The predicted octanol–water partition coefficient (Wildman–Crippen LogP) is 5.70. The minimum absolute atomic E-state index is 0.704. The van der Waals surface area contributed by atoms with Gasteiger partial charge in [0, 0.05) is 19.8 Å². The molecule has 0 aliphatic heterocycles. The van der Waals surface area contributed by atoms with Crippen molar-refractivity contribution < 1.29 is 4.74 Å². The Hall–Kier alpha value is -1.38. The summed E-state index contributed by atoms with van der Waals surface area (Å²) < 4.78 is 5.76. The standard InChI is InChI=1S/C24H37NO/c1-22-12-11-16-24(20-22)21-25-17-8-2-3-9-18-26-19-10-7-15-23-13-5-4-6-14-23/h4-6,11,13-14,16,20,22,25H,2-3,7-10,12,15,17-19,21H2,1H3. The Morgan fingerprint density at radius 3 is 2.54 bits per heavy atom. The monoisotopic (exact) mass is 355 g/mol. The highest BCUT2D eigenvalue weighted by Crippen LogP contribution is 2.15. The van der Waals surface area contributed by atoms with Gasteiger partial charge < -0.3 is 10.1 Å². The SMILES string of the molecule is CC1C=C(CNCCCCCCOCCCCc2ccccc2)C=CC1. The lowest BCUT2D eigenvalue weighted by Gasteiger charge is -2.13. The molecule has 1 N–H and O–H groups in total. The Bertz CT molecular complexity index is 520. The van der Waals surface area contributed by atoms with E-state index in [0.717, 1.165) is 26.3 Å². The van der Waals surface area contributed by atoms with Gasteiger partial charge in [0.05, 0.1) is 0 Å². The molecule has 0 fully saturated rings. The Balaban J connectivity index is 1.30. The number of rotatable bonds is 14. The first-order valence-corrected chi connectivity index (χ1v) is 10.5. The van der Waals surface area contributed by atoms with Crippen molar-refractivity contribution in [3.05, 3.63) is 59.7 Å². The molecule has 0 saturated carbocycles. The van der Waals surface area contributed by atoms with E-state index in [9.17, 15) is 0 Å². The number of benzene rings is 1. The van der Waals surface area contributed by atoms with Gasteiger partial charge >= 0.3 is 0 Å². The average Bonchev–Trinajstić information content (AvgIpc) is 2.66. The first kappa shape index (κ1) is 20.9. The third kappa shape index (κ3) is 9.94. The molecule has 2 nitrogen and oxygen atoms in total. The molecule has 2 heteroatoms. The number of ether oxygens (including phenoxy) is 1. The van der Waals surface area contributed by atoms with Crippen molar-refractivity contribution in [2.24, 2.45) is 5.92 Å². The number of unbranched alkanes of at least 4 members (excludes halogenated alkanes) is 4. The Labute approximate surface area is 160 Å². The summed E-state index contributed by atoms with van der Waals surface area (Å²) in [5.41, 5.74) is 2.89. The predicted molar refractivity (Wildman–Crippen MR) is 113 cm³/mol. The van der Waals surface area contributed by atoms with Gasteiger partial charge in [-0.3, -0.25) is 0 Å². The maximum Gasteiger partial charge on any atom is 0.0466 e. The zero-order valence-electron chi connectivity index (χ0n) is 16.6. The van der Waals surface area contributed by atoms with Gasteiger partial charge in [-0.1, -0.05) is 68.3 Å². The third-order valence-electron chi connectivity index (χ3n) is 4.91. The highest BCUT2D eigenvalue weighted by atomic mass is 16.5. The minimum atomic E-state index is 0.704. The van der Waals surface area contributed by atoms with Gasteiger partial charge in [0.1, 0.15) is 0 Å². The minimum Gasteiger partial charge on any atom is -0.381 e. The number of nitrogens with one attached hydrogen (secondary N) is 1. The highest BCUT2D eigenvalue weighted by molar-refractivity contribution is 5.24. The summed E-state index contributed by atoms with van der Waals surface area (Å²) in [6, 6.07) is 10.7. The second-order valence-corrected chi connectivity index (χ2v) is 7.50. The van der Waals surface area contributed by atoms with E-state index >= 15 is 0 Å². The zero-order valence-corrected chi connectivity index (χ0v) is 16.6. The summed E-state index contributed by atoms with van der Waals surface area (Å²) in [5, 5.41) is 3.56. The summed E-state index contributed by atoms with van der Waals surface area (Å²) in [6.45, 7) is 6.27. The first-order valence-electron chi connectivity index (χ1n) is 10.5. The normalized spacial score (nSPS) is 16.7. The van der Waals surface area contributed by atoms with E-state index in [-0.39, 0.29) is 0 Å². The smallest absolute Gasteiger partial charge is 0.0466 e. The van der Waals surface area contributed by atoms with E-state index in [1.54, 1.807) is 0 Å². The fraction of sp³-hybridized carbons (Fsp3) is 0.583. The number of aryl methyl sites for hydroxylation is 1. The van der Waals surface area contributed by atoms with Crippen LogP contribution in [0.4, 0.5) is 0 Å². The molecule has 26 heavy (non-hydrogen) atoms. The molecule has 0 saturated heterocycles. The fourth-order valence-corrected chi connectivity index (χ4v) is 3.36. The summed E-state index contributed by atoms with van der Waals surface area (Å²) in [6.07, 6.45) is 16.8. The quantitative estimate of drug-likeness (QED) is 0.432. The molecule has 0 aromatic heterocycles. The van der Waals surface area contributed by atoms with E-state index in [1.807, 2.05) is 0 Å². The van der Waals surface area contributed by atoms with Crippen molar-refractivity contribution >= 4 is 0 Å². The Morgan fingerprint density at radius 1 is 0.962 bits per heavy atom. The number of hydrogen-bond donors (Lipinski definition) is 1. The molecule has 1 aromatic carbocycles. The zero-order chi connectivity index (χ0) is 18.3. The first-order chi connectivity index (χ1) is 12.8. The maximum atomic E-state index is 5.76. The highest BCUT2D eigenvalue weighted by Gasteiger charge is 2.03. The molecule has 1 atom stereocenters. The van der Waals surface area contributed by atoms with Gasteiger partial charge in [-0.15, -0.1) is 0 Å². The van der Waals surface area contributed by atoms with Gasteiger partial charge in [0.25, 0.3) is 0 Å². The molecule has 0 radical (unpaired) electrons. The van der Waals surface area contributed by atoms with E-state index in [4.69, 9.17) is 4.74 Å². The lowest BCUT2D eigenvalue weighted by atomic mass is 9.98. The van der Waals surface area contributed by atoms with Gasteiger partial charge in [0.2, 0.25) is 0 Å². The van der Waals surface area contributed by atoms with Crippen LogP contribution in [0.25, 0.3) is 0 Å². The molecule has 0 amide bonds. The van der Waals surface area contributed by atoms with Crippen LogP contribution in [0, 0.1) is 5.92 Å². The van der Waals surface area contributed by atoms with Crippen molar-refractivity contribution in [1.82, 2.24) is 5.32 Å². The summed E-state index contributed by atoms with van der Waals surface area (Å²) in [5.74, 6) is 0.704. The van der Waals surface area contributed by atoms with Crippen molar-refractivity contribution in [3.63, 3.8) is 0 Å². The molecule has 0 heterocycles. The van der Waals surface area contributed by atoms with Crippen LogP contribution in [0.3, 0.4) is 0 Å². The van der Waals surface area contributed by atoms with Crippen molar-refractivity contribution in [2.45, 2.75) is 58.3 Å². The van der Waals surface area contributed by atoms with E-state index in [1.165, 1.54) is 62.5 Å². The summed E-state index contributed by atoms with van der Waals surface area (Å²) in [4.78, 5) is 0. The lowest BCUT2D eigenvalue weighted by molar-refractivity contribution is 0.126. The summed E-state index contributed by atoms with van der Waals surface area (Å²) in [7, 11) is 0.